The maximum Gasteiger partial charge on any atom is 0.212 e. The molecule has 4 heteroatoms. The van der Waals surface area contributed by atoms with Gasteiger partial charge in [0.1, 0.15) is 0 Å². The molecule has 0 radical (unpaired) electrons. The van der Waals surface area contributed by atoms with Gasteiger partial charge in [-0.05, 0) is 24.1 Å². The number of aliphatic imine (C=N–C) groups is 1. The van der Waals surface area contributed by atoms with Crippen LogP contribution in [0.4, 0.5) is 5.69 Å². The lowest BCUT2D eigenvalue weighted by Gasteiger charge is -2.20. The average Bonchev–Trinajstić information content (AvgIpc) is 2.30. The zero-order valence-corrected chi connectivity index (χ0v) is 9.49. The van der Waals surface area contributed by atoms with Crippen LogP contribution in [-0.4, -0.2) is 20.1 Å². The van der Waals surface area contributed by atoms with Gasteiger partial charge in [-0.3, -0.25) is 10.4 Å². The number of guanidine groups is 1. The second-order valence-corrected chi connectivity index (χ2v) is 3.27. The summed E-state index contributed by atoms with van der Waals surface area (Å²) in [5.74, 6) is 5.99. The Bertz CT molecular complexity index is 329. The van der Waals surface area contributed by atoms with Crippen LogP contribution in [-0.2, 0) is 6.42 Å². The SMILES string of the molecule is CCc1ccc(N(C)C(=NC)NN)cc1. The Morgan fingerprint density at radius 1 is 1.40 bits per heavy atom. The lowest BCUT2D eigenvalue weighted by molar-refractivity contribution is 0.971. The van der Waals surface area contributed by atoms with Crippen LogP contribution in [0.5, 0.6) is 0 Å². The van der Waals surface area contributed by atoms with E-state index in [9.17, 15) is 0 Å². The molecule has 0 aliphatic carbocycles. The van der Waals surface area contributed by atoms with E-state index in [-0.39, 0.29) is 0 Å². The fourth-order valence-corrected chi connectivity index (χ4v) is 1.39. The summed E-state index contributed by atoms with van der Waals surface area (Å²) in [6, 6.07) is 8.33. The molecule has 0 fully saturated rings. The molecule has 0 saturated heterocycles. The number of hydrazine groups is 1. The van der Waals surface area contributed by atoms with Gasteiger partial charge in [0.05, 0.1) is 0 Å². The molecule has 0 heterocycles. The molecule has 0 aliphatic rings. The number of nitrogens with one attached hydrogen (secondary N) is 1. The van der Waals surface area contributed by atoms with Crippen LogP contribution < -0.4 is 16.2 Å². The molecule has 0 aliphatic heterocycles. The van der Waals surface area contributed by atoms with Crippen molar-refractivity contribution in [3.05, 3.63) is 29.8 Å². The van der Waals surface area contributed by atoms with E-state index in [2.05, 4.69) is 41.6 Å². The van der Waals surface area contributed by atoms with Gasteiger partial charge in [-0.15, -0.1) is 0 Å². The zero-order valence-electron chi connectivity index (χ0n) is 9.49. The molecule has 1 rings (SSSR count). The third-order valence-corrected chi connectivity index (χ3v) is 2.39. The summed E-state index contributed by atoms with van der Waals surface area (Å²) in [5.41, 5.74) is 4.94. The number of benzene rings is 1. The molecule has 0 unspecified atom stereocenters. The summed E-state index contributed by atoms with van der Waals surface area (Å²) in [6.07, 6.45) is 1.05. The predicted octanol–water partition coefficient (Wildman–Crippen LogP) is 1.13. The first-order valence-corrected chi connectivity index (χ1v) is 4.99. The fraction of sp³-hybridized carbons (Fsp3) is 0.364. The van der Waals surface area contributed by atoms with Crippen LogP contribution in [0.25, 0.3) is 0 Å². The Balaban J connectivity index is 2.86. The van der Waals surface area contributed by atoms with Crippen molar-refractivity contribution in [2.75, 3.05) is 19.0 Å². The first-order chi connectivity index (χ1) is 7.22. The number of nitrogens with two attached hydrogens (primary N) is 1. The maximum atomic E-state index is 5.36. The molecule has 4 nitrogen and oxygen atoms in total. The minimum atomic E-state index is 0.638. The van der Waals surface area contributed by atoms with Crippen molar-refractivity contribution < 1.29 is 0 Å². The smallest absolute Gasteiger partial charge is 0.212 e. The van der Waals surface area contributed by atoms with E-state index in [0.717, 1.165) is 12.1 Å². The molecule has 0 spiro atoms. The van der Waals surface area contributed by atoms with E-state index in [0.29, 0.717) is 5.96 Å². The standard InChI is InChI=1S/C11H18N4/c1-4-9-5-7-10(8-6-9)15(3)11(13-2)14-12/h5-8H,4,12H2,1-3H3,(H,13,14). The highest BCUT2D eigenvalue weighted by Crippen LogP contribution is 2.13. The highest BCUT2D eigenvalue weighted by molar-refractivity contribution is 5.95. The summed E-state index contributed by atoms with van der Waals surface area (Å²) in [6.45, 7) is 2.14. The number of anilines is 1. The Hall–Kier alpha value is -1.55. The van der Waals surface area contributed by atoms with Crippen molar-refractivity contribution in [2.45, 2.75) is 13.3 Å². The first kappa shape index (κ1) is 11.5. The van der Waals surface area contributed by atoms with Crippen LogP contribution in [0, 0.1) is 0 Å². The Labute approximate surface area is 90.8 Å². The average molecular weight is 206 g/mol. The minimum Gasteiger partial charge on any atom is -0.315 e. The van der Waals surface area contributed by atoms with Gasteiger partial charge in [0.25, 0.3) is 0 Å². The van der Waals surface area contributed by atoms with Crippen LogP contribution in [0.1, 0.15) is 12.5 Å². The Morgan fingerprint density at radius 3 is 2.40 bits per heavy atom. The summed E-state index contributed by atoms with van der Waals surface area (Å²) in [5, 5.41) is 0. The second-order valence-electron chi connectivity index (χ2n) is 3.27. The molecular weight excluding hydrogens is 188 g/mol. The summed E-state index contributed by atoms with van der Waals surface area (Å²) in [7, 11) is 3.62. The van der Waals surface area contributed by atoms with Gasteiger partial charge in [0, 0.05) is 19.8 Å². The second kappa shape index (κ2) is 5.36. The normalized spacial score (nSPS) is 11.3. The van der Waals surface area contributed by atoms with Crippen molar-refractivity contribution in [1.82, 2.24) is 5.43 Å². The van der Waals surface area contributed by atoms with Crippen molar-refractivity contribution in [2.24, 2.45) is 10.8 Å². The largest absolute Gasteiger partial charge is 0.315 e. The van der Waals surface area contributed by atoms with Gasteiger partial charge in [-0.25, -0.2) is 5.84 Å². The number of aryl methyl sites for hydroxylation is 1. The summed E-state index contributed by atoms with van der Waals surface area (Å²) in [4.78, 5) is 5.93. The lowest BCUT2D eigenvalue weighted by Crippen LogP contribution is -2.42. The highest BCUT2D eigenvalue weighted by atomic mass is 15.4. The van der Waals surface area contributed by atoms with Crippen LogP contribution in [0.2, 0.25) is 0 Å². The van der Waals surface area contributed by atoms with Crippen LogP contribution in [0.3, 0.4) is 0 Å². The predicted molar refractivity (Wildman–Crippen MR) is 64.9 cm³/mol. The first-order valence-electron chi connectivity index (χ1n) is 4.99. The van der Waals surface area contributed by atoms with Gasteiger partial charge in [0.15, 0.2) is 0 Å². The van der Waals surface area contributed by atoms with E-state index < -0.39 is 0 Å². The van der Waals surface area contributed by atoms with Crippen molar-refractivity contribution in [3.63, 3.8) is 0 Å². The molecule has 0 amide bonds. The molecule has 1 aromatic rings. The number of hydrogen-bond acceptors (Lipinski definition) is 2. The third kappa shape index (κ3) is 2.70. The van der Waals surface area contributed by atoms with Gasteiger partial charge >= 0.3 is 0 Å². The minimum absolute atomic E-state index is 0.638. The topological polar surface area (TPSA) is 53.6 Å². The van der Waals surface area contributed by atoms with Crippen molar-refractivity contribution >= 4 is 11.6 Å². The van der Waals surface area contributed by atoms with Gasteiger partial charge in [-0.2, -0.15) is 0 Å². The lowest BCUT2D eigenvalue weighted by atomic mass is 10.1. The number of nitrogens with zero attached hydrogens (tertiary/aromatic N) is 2. The molecule has 0 saturated carbocycles. The zero-order chi connectivity index (χ0) is 11.3. The van der Waals surface area contributed by atoms with Gasteiger partial charge in [0.2, 0.25) is 5.96 Å². The molecule has 15 heavy (non-hydrogen) atoms. The number of rotatable bonds is 2. The molecule has 1 aromatic carbocycles. The van der Waals surface area contributed by atoms with E-state index in [1.807, 2.05) is 11.9 Å². The van der Waals surface area contributed by atoms with E-state index in [1.165, 1.54) is 5.56 Å². The van der Waals surface area contributed by atoms with E-state index in [4.69, 9.17) is 5.84 Å². The molecular formula is C11H18N4. The van der Waals surface area contributed by atoms with E-state index in [1.54, 1.807) is 7.05 Å². The summed E-state index contributed by atoms with van der Waals surface area (Å²) >= 11 is 0. The molecule has 0 atom stereocenters. The van der Waals surface area contributed by atoms with Crippen molar-refractivity contribution in [3.8, 4) is 0 Å². The monoisotopic (exact) mass is 206 g/mol. The maximum absolute atomic E-state index is 5.36. The molecule has 0 bridgehead atoms. The molecule has 3 N–H and O–H groups in total. The van der Waals surface area contributed by atoms with Crippen LogP contribution in [0.15, 0.2) is 29.3 Å². The Kier molecular flexibility index (Phi) is 4.12. The fourth-order valence-electron chi connectivity index (χ4n) is 1.39. The Morgan fingerprint density at radius 2 is 2.00 bits per heavy atom. The quantitative estimate of drug-likeness (QED) is 0.330. The molecule has 82 valence electrons. The van der Waals surface area contributed by atoms with Crippen LogP contribution >= 0.6 is 0 Å². The van der Waals surface area contributed by atoms with Gasteiger partial charge < -0.3 is 4.90 Å². The van der Waals surface area contributed by atoms with E-state index >= 15 is 0 Å². The van der Waals surface area contributed by atoms with Crippen molar-refractivity contribution in [1.29, 1.82) is 0 Å². The van der Waals surface area contributed by atoms with Gasteiger partial charge in [-0.1, -0.05) is 19.1 Å². The highest BCUT2D eigenvalue weighted by Gasteiger charge is 2.05. The third-order valence-electron chi connectivity index (χ3n) is 2.39. The summed E-state index contributed by atoms with van der Waals surface area (Å²) < 4.78 is 0. The number of hydrogen-bond donors (Lipinski definition) is 2. The molecule has 0 aromatic heterocycles.